The first kappa shape index (κ1) is 40.4. The zero-order valence-electron chi connectivity index (χ0n) is 30.3. The van der Waals surface area contributed by atoms with Gasteiger partial charge in [-0.2, -0.15) is 0 Å². The first-order chi connectivity index (χ1) is 21.9. The van der Waals surface area contributed by atoms with Crippen LogP contribution in [0.3, 0.4) is 0 Å². The van der Waals surface area contributed by atoms with E-state index in [1.54, 1.807) is 39.0 Å². The summed E-state index contributed by atoms with van der Waals surface area (Å²) in [5, 5.41) is 23.8. The van der Waals surface area contributed by atoms with E-state index in [1.165, 1.54) is 27.4 Å². The number of carbonyl (C=O) groups excluding carboxylic acids is 3. The van der Waals surface area contributed by atoms with Gasteiger partial charge in [-0.1, -0.05) is 83.9 Å². The van der Waals surface area contributed by atoms with Crippen molar-refractivity contribution in [3.8, 4) is 0 Å². The van der Waals surface area contributed by atoms with Crippen molar-refractivity contribution in [3.63, 3.8) is 0 Å². The molecule has 47 heavy (non-hydrogen) atoms. The molecule has 10 nitrogen and oxygen atoms in total. The molecule has 2 aliphatic rings. The van der Waals surface area contributed by atoms with E-state index in [4.69, 9.17) is 23.7 Å². The minimum Gasteiger partial charge on any atom is -0.490 e. The van der Waals surface area contributed by atoms with Crippen LogP contribution in [0.1, 0.15) is 75.2 Å². The van der Waals surface area contributed by atoms with E-state index in [-0.39, 0.29) is 41.6 Å². The number of aliphatic hydroxyl groups excluding tert-OH is 1. The summed E-state index contributed by atoms with van der Waals surface area (Å²) in [7, 11) is 4.14. The maximum absolute atomic E-state index is 13.6. The molecule has 1 saturated heterocycles. The molecule has 0 radical (unpaired) electrons. The quantitative estimate of drug-likeness (QED) is 0.328. The predicted octanol–water partition coefficient (Wildman–Crippen LogP) is 5.33. The molecule has 0 unspecified atom stereocenters. The van der Waals surface area contributed by atoms with Crippen LogP contribution < -0.4 is 0 Å². The largest absolute Gasteiger partial charge is 0.490 e. The fourth-order valence-electron chi connectivity index (χ4n) is 6.86. The molecule has 2 rings (SSSR count). The Morgan fingerprint density at radius 2 is 1.68 bits per heavy atom. The minimum absolute atomic E-state index is 0.0276. The molecule has 2 aliphatic heterocycles. The SMILES string of the molecule is COC(=O)[C@@H]1C[C@](O)([C@@H](C)[C@H](O)[C@H](C)[C@H]2OC(=O)/C(OC)=C/C(C)=C/[C@@H](C)C(=O)[C@@H](C)C/C(C)=C/C=C/[C@@H]2OC)O[C@H](C(C)C)[C@H]1C. The third-order valence-electron chi connectivity index (χ3n) is 9.82. The standard InChI is InChI=1S/C37H58O10/c1-20(2)33-25(7)28(35(40)45-12)19-37(42,47-33)27(9)32(39)26(8)34-29(43-10)15-13-14-21(3)16-23(5)31(38)24(6)17-22(4)18-30(44-11)36(41)46-34/h13-15,17-18,20,23-29,32-34,39,42H,16,19H2,1-12H3/b15-13+,21-14+,22-17+,30-18-/t23-,24+,25-,26-,27-,28+,29-,32+,33+,34+,37+/m0/s1. The molecular formula is C37H58O10. The average Bonchev–Trinajstić information content (AvgIpc) is 3.02. The summed E-state index contributed by atoms with van der Waals surface area (Å²) in [6, 6.07) is 0. The number of methoxy groups -OCH3 is 3. The summed E-state index contributed by atoms with van der Waals surface area (Å²) < 4.78 is 28.6. The second-order valence-corrected chi connectivity index (χ2v) is 13.9. The van der Waals surface area contributed by atoms with Crippen molar-refractivity contribution in [2.45, 2.75) is 105 Å². The number of hydrogen-bond donors (Lipinski definition) is 2. The molecule has 10 heteroatoms. The van der Waals surface area contributed by atoms with Crippen LogP contribution in [-0.4, -0.2) is 79.5 Å². The summed E-state index contributed by atoms with van der Waals surface area (Å²) in [4.78, 5) is 39.4. The van der Waals surface area contributed by atoms with Gasteiger partial charge in [0.1, 0.15) is 18.0 Å². The second-order valence-electron chi connectivity index (χ2n) is 13.9. The third kappa shape index (κ3) is 10.1. The van der Waals surface area contributed by atoms with Crippen LogP contribution in [0.25, 0.3) is 0 Å². The normalized spacial score (nSPS) is 37.6. The van der Waals surface area contributed by atoms with Crippen molar-refractivity contribution in [2.75, 3.05) is 21.3 Å². The van der Waals surface area contributed by atoms with Crippen LogP contribution in [0.5, 0.6) is 0 Å². The number of hydrogen-bond acceptors (Lipinski definition) is 10. The lowest BCUT2D eigenvalue weighted by molar-refractivity contribution is -0.321. The maximum atomic E-state index is 13.6. The monoisotopic (exact) mass is 662 g/mol. The van der Waals surface area contributed by atoms with Gasteiger partial charge in [0.25, 0.3) is 0 Å². The number of ether oxygens (including phenoxy) is 5. The second kappa shape index (κ2) is 17.6. The number of ketones is 1. The summed E-state index contributed by atoms with van der Waals surface area (Å²) in [5.74, 6) is -6.30. The molecule has 0 amide bonds. The summed E-state index contributed by atoms with van der Waals surface area (Å²) >= 11 is 0. The molecule has 0 aromatic heterocycles. The first-order valence-corrected chi connectivity index (χ1v) is 16.6. The van der Waals surface area contributed by atoms with Gasteiger partial charge in [0.15, 0.2) is 5.79 Å². The molecule has 11 atom stereocenters. The Balaban J connectivity index is 2.57. The van der Waals surface area contributed by atoms with Gasteiger partial charge in [-0.3, -0.25) is 9.59 Å². The van der Waals surface area contributed by atoms with Gasteiger partial charge >= 0.3 is 11.9 Å². The van der Waals surface area contributed by atoms with Crippen LogP contribution >= 0.6 is 0 Å². The smallest absolute Gasteiger partial charge is 0.373 e. The van der Waals surface area contributed by atoms with Crippen LogP contribution in [0.2, 0.25) is 0 Å². The van der Waals surface area contributed by atoms with Gasteiger partial charge in [-0.15, -0.1) is 0 Å². The Morgan fingerprint density at radius 1 is 1.04 bits per heavy atom. The molecule has 0 aromatic carbocycles. The van der Waals surface area contributed by atoms with E-state index >= 15 is 0 Å². The first-order valence-electron chi connectivity index (χ1n) is 16.6. The van der Waals surface area contributed by atoms with E-state index in [2.05, 4.69) is 0 Å². The molecule has 0 spiro atoms. The van der Waals surface area contributed by atoms with Crippen LogP contribution in [0.15, 0.2) is 47.3 Å². The van der Waals surface area contributed by atoms with Crippen LogP contribution in [-0.2, 0) is 38.1 Å². The van der Waals surface area contributed by atoms with Crippen molar-refractivity contribution in [2.24, 2.45) is 41.4 Å². The molecule has 2 heterocycles. The van der Waals surface area contributed by atoms with Crippen LogP contribution in [0.4, 0.5) is 0 Å². The topological polar surface area (TPSA) is 138 Å². The van der Waals surface area contributed by atoms with E-state index < -0.39 is 59.9 Å². The highest BCUT2D eigenvalue weighted by Crippen LogP contribution is 2.44. The van der Waals surface area contributed by atoms with Gasteiger partial charge in [-0.25, -0.2) is 4.79 Å². The van der Waals surface area contributed by atoms with Gasteiger partial charge in [0.2, 0.25) is 5.76 Å². The maximum Gasteiger partial charge on any atom is 0.373 e. The Bertz CT molecular complexity index is 1220. The molecule has 266 valence electrons. The van der Waals surface area contributed by atoms with E-state index in [0.29, 0.717) is 12.0 Å². The molecular weight excluding hydrogens is 604 g/mol. The number of aliphatic hydroxyl groups is 2. The fraction of sp³-hybridized carbons (Fsp3) is 0.703. The third-order valence-corrected chi connectivity index (χ3v) is 9.82. The number of esters is 2. The number of Topliss-reactive ketones (excluding diaryl/α,β-unsaturated/α-hetero) is 1. The van der Waals surface area contributed by atoms with Crippen molar-refractivity contribution in [3.05, 3.63) is 47.3 Å². The summed E-state index contributed by atoms with van der Waals surface area (Å²) in [6.45, 7) is 16.6. The van der Waals surface area contributed by atoms with E-state index in [0.717, 1.165) is 5.57 Å². The fourth-order valence-corrected chi connectivity index (χ4v) is 6.86. The van der Waals surface area contributed by atoms with E-state index in [9.17, 15) is 24.6 Å². The number of carbonyl (C=O) groups is 3. The lowest BCUT2D eigenvalue weighted by atomic mass is 9.72. The van der Waals surface area contributed by atoms with Crippen molar-refractivity contribution in [1.82, 2.24) is 0 Å². The Labute approximate surface area is 281 Å². The molecule has 0 saturated carbocycles. The predicted molar refractivity (Wildman–Crippen MR) is 179 cm³/mol. The van der Waals surface area contributed by atoms with Gasteiger partial charge in [0, 0.05) is 37.2 Å². The van der Waals surface area contributed by atoms with Crippen molar-refractivity contribution in [1.29, 1.82) is 0 Å². The highest BCUT2D eigenvalue weighted by atomic mass is 16.6. The number of rotatable bonds is 8. The van der Waals surface area contributed by atoms with Crippen molar-refractivity contribution >= 4 is 17.7 Å². The van der Waals surface area contributed by atoms with Gasteiger partial charge in [0.05, 0.1) is 32.3 Å². The van der Waals surface area contributed by atoms with Crippen LogP contribution in [0, 0.1) is 41.4 Å². The summed E-state index contributed by atoms with van der Waals surface area (Å²) in [5.41, 5.74) is 1.64. The zero-order chi connectivity index (χ0) is 35.8. The van der Waals surface area contributed by atoms with Gasteiger partial charge < -0.3 is 33.9 Å². The number of allylic oxidation sites excluding steroid dienone is 6. The molecule has 0 aliphatic carbocycles. The highest BCUT2D eigenvalue weighted by Gasteiger charge is 2.53. The van der Waals surface area contributed by atoms with E-state index in [1.807, 2.05) is 47.6 Å². The number of cyclic esters (lactones) is 1. The Morgan fingerprint density at radius 3 is 2.23 bits per heavy atom. The molecule has 0 aromatic rings. The lowest BCUT2D eigenvalue weighted by Crippen LogP contribution is -2.59. The Hall–Kier alpha value is -2.79. The molecule has 0 bridgehead atoms. The average molecular weight is 663 g/mol. The summed E-state index contributed by atoms with van der Waals surface area (Å²) in [6.07, 6.45) is 5.62. The Kier molecular flexibility index (Phi) is 15.1. The lowest BCUT2D eigenvalue weighted by Gasteiger charge is -2.50. The highest BCUT2D eigenvalue weighted by molar-refractivity contribution is 5.87. The minimum atomic E-state index is -1.88. The van der Waals surface area contributed by atoms with Crippen molar-refractivity contribution < 1.29 is 48.3 Å². The molecule has 1 fully saturated rings. The zero-order valence-corrected chi connectivity index (χ0v) is 30.3. The van der Waals surface area contributed by atoms with Gasteiger partial charge in [-0.05, 0) is 38.2 Å². The molecule has 2 N–H and O–H groups in total.